The van der Waals surface area contributed by atoms with Gasteiger partial charge in [-0.05, 0) is 57.1 Å². The summed E-state index contributed by atoms with van der Waals surface area (Å²) >= 11 is 7.30. The van der Waals surface area contributed by atoms with E-state index in [1.807, 2.05) is 6.92 Å². The quantitative estimate of drug-likeness (QED) is 0.862. The molecule has 1 atom stereocenters. The van der Waals surface area contributed by atoms with Crippen molar-refractivity contribution in [2.45, 2.75) is 24.5 Å². The number of nitrogens with one attached hydrogen (secondary N) is 1. The van der Waals surface area contributed by atoms with E-state index >= 15 is 0 Å². The maximum absolute atomic E-state index is 12.4. The lowest BCUT2D eigenvalue weighted by Crippen LogP contribution is -2.43. The minimum atomic E-state index is -0.553. The van der Waals surface area contributed by atoms with Gasteiger partial charge in [-0.1, -0.05) is 28.5 Å². The Kier molecular flexibility index (Phi) is 4.73. The van der Waals surface area contributed by atoms with Crippen molar-refractivity contribution in [2.75, 3.05) is 19.6 Å². The van der Waals surface area contributed by atoms with Crippen LogP contribution in [0, 0.1) is 0 Å². The maximum atomic E-state index is 12.4. The summed E-state index contributed by atoms with van der Waals surface area (Å²) in [6.45, 7) is 4.75. The summed E-state index contributed by atoms with van der Waals surface area (Å²) in [7, 11) is 0. The lowest BCUT2D eigenvalue weighted by molar-refractivity contribution is -0.121. The van der Waals surface area contributed by atoms with Gasteiger partial charge in [0, 0.05) is 17.1 Å². The molecule has 0 bridgehead atoms. The van der Waals surface area contributed by atoms with Gasteiger partial charge in [-0.15, -0.1) is 5.10 Å². The molecule has 9 heteroatoms. The number of aromatic nitrogens is 2. The Morgan fingerprint density at radius 2 is 2.04 bits per heavy atom. The van der Waals surface area contributed by atoms with Gasteiger partial charge in [0.1, 0.15) is 4.75 Å². The number of hydrogen-bond acceptors (Lipinski definition) is 7. The molecule has 2 aromatic rings. The highest BCUT2D eigenvalue weighted by Crippen LogP contribution is 2.34. The van der Waals surface area contributed by atoms with Crippen molar-refractivity contribution in [3.05, 3.63) is 29.3 Å². The SMILES string of the molecule is CC1(CN2CCCC2)S/C(=N/c2nnc(-c3ccc(Cl)cc3)o2)NC1=O. The zero-order valence-corrected chi connectivity index (χ0v) is 15.8. The zero-order valence-electron chi connectivity index (χ0n) is 14.2. The van der Waals surface area contributed by atoms with E-state index in [4.69, 9.17) is 16.0 Å². The highest BCUT2D eigenvalue weighted by Gasteiger charge is 2.44. The van der Waals surface area contributed by atoms with E-state index in [1.54, 1.807) is 24.3 Å². The predicted octanol–water partition coefficient (Wildman–Crippen LogP) is 3.10. The van der Waals surface area contributed by atoms with Gasteiger partial charge in [0.05, 0.1) is 0 Å². The molecular formula is C17H18ClN5O2S. The van der Waals surface area contributed by atoms with E-state index in [0.29, 0.717) is 22.6 Å². The number of nitrogens with zero attached hydrogens (tertiary/aromatic N) is 4. The number of likely N-dealkylation sites (tertiary alicyclic amines) is 1. The molecule has 3 heterocycles. The van der Waals surface area contributed by atoms with Gasteiger partial charge in [-0.3, -0.25) is 4.79 Å². The Balaban J connectivity index is 1.48. The van der Waals surface area contributed by atoms with E-state index in [2.05, 4.69) is 25.4 Å². The molecule has 2 aliphatic rings. The second-order valence-corrected chi connectivity index (χ2v) is 8.51. The number of rotatable bonds is 4. The number of carbonyl (C=O) groups excluding carboxylic acids is 1. The van der Waals surface area contributed by atoms with Gasteiger partial charge in [-0.25, -0.2) is 0 Å². The Morgan fingerprint density at radius 3 is 2.77 bits per heavy atom. The first-order valence-electron chi connectivity index (χ1n) is 8.43. The highest BCUT2D eigenvalue weighted by molar-refractivity contribution is 8.16. The molecule has 0 aliphatic carbocycles. The third kappa shape index (κ3) is 3.62. The third-order valence-electron chi connectivity index (χ3n) is 4.45. The average molecular weight is 392 g/mol. The summed E-state index contributed by atoms with van der Waals surface area (Å²) in [5, 5.41) is 11.9. The molecule has 2 aliphatic heterocycles. The van der Waals surface area contributed by atoms with Crippen molar-refractivity contribution < 1.29 is 9.21 Å². The fraction of sp³-hybridized carbons (Fsp3) is 0.412. The van der Waals surface area contributed by atoms with E-state index in [1.165, 1.54) is 24.6 Å². The van der Waals surface area contributed by atoms with Crippen molar-refractivity contribution >= 4 is 40.5 Å². The summed E-state index contributed by atoms with van der Waals surface area (Å²) in [4.78, 5) is 19.0. The first-order chi connectivity index (χ1) is 12.5. The topological polar surface area (TPSA) is 83.6 Å². The molecule has 2 saturated heterocycles. The van der Waals surface area contributed by atoms with Crippen LogP contribution in [0.15, 0.2) is 33.7 Å². The number of carbonyl (C=O) groups is 1. The molecular weight excluding hydrogens is 374 g/mol. The zero-order chi connectivity index (χ0) is 18.1. The fourth-order valence-electron chi connectivity index (χ4n) is 3.09. The minimum Gasteiger partial charge on any atom is -0.402 e. The first-order valence-corrected chi connectivity index (χ1v) is 9.62. The molecule has 1 amide bonds. The van der Waals surface area contributed by atoms with Gasteiger partial charge in [0.15, 0.2) is 5.17 Å². The van der Waals surface area contributed by atoms with Gasteiger partial charge in [-0.2, -0.15) is 4.99 Å². The Bertz CT molecular complexity index is 847. The van der Waals surface area contributed by atoms with Crippen molar-refractivity contribution in [3.63, 3.8) is 0 Å². The van der Waals surface area contributed by atoms with Crippen LogP contribution >= 0.6 is 23.4 Å². The van der Waals surface area contributed by atoms with E-state index < -0.39 is 4.75 Å². The lowest BCUT2D eigenvalue weighted by Gasteiger charge is -2.25. The van der Waals surface area contributed by atoms with E-state index in [-0.39, 0.29) is 11.9 Å². The van der Waals surface area contributed by atoms with Crippen LogP contribution in [0.3, 0.4) is 0 Å². The molecule has 2 fully saturated rings. The maximum Gasteiger partial charge on any atom is 0.345 e. The average Bonchev–Trinajstić information content (AvgIpc) is 3.32. The van der Waals surface area contributed by atoms with Crippen molar-refractivity contribution in [1.82, 2.24) is 20.4 Å². The minimum absolute atomic E-state index is 0.0365. The summed E-state index contributed by atoms with van der Waals surface area (Å²) in [5.74, 6) is 0.320. The Morgan fingerprint density at radius 1 is 1.31 bits per heavy atom. The number of aliphatic imine (C=N–C) groups is 1. The molecule has 26 heavy (non-hydrogen) atoms. The smallest absolute Gasteiger partial charge is 0.345 e. The number of benzene rings is 1. The molecule has 1 aromatic carbocycles. The lowest BCUT2D eigenvalue weighted by atomic mass is 10.1. The largest absolute Gasteiger partial charge is 0.402 e. The molecule has 4 rings (SSSR count). The summed E-state index contributed by atoms with van der Waals surface area (Å²) in [5.41, 5.74) is 0.760. The van der Waals surface area contributed by atoms with Crippen molar-refractivity contribution in [1.29, 1.82) is 0 Å². The van der Waals surface area contributed by atoms with Gasteiger partial charge < -0.3 is 14.6 Å². The van der Waals surface area contributed by atoms with Crippen LogP contribution in [0.2, 0.25) is 5.02 Å². The van der Waals surface area contributed by atoms with Crippen molar-refractivity contribution in [2.24, 2.45) is 4.99 Å². The number of amidine groups is 1. The number of thioether (sulfide) groups is 1. The fourth-order valence-corrected chi connectivity index (χ4v) is 4.30. The van der Waals surface area contributed by atoms with Crippen molar-refractivity contribution in [3.8, 4) is 11.5 Å². The predicted molar refractivity (Wildman–Crippen MR) is 102 cm³/mol. The third-order valence-corrected chi connectivity index (χ3v) is 5.85. The number of hydrogen-bond donors (Lipinski definition) is 1. The van der Waals surface area contributed by atoms with Crippen LogP contribution in [0.5, 0.6) is 0 Å². The standard InChI is InChI=1S/C17H18ClN5O2S/c1-17(10-23-8-2-3-9-23)14(24)19-16(26-17)20-15-22-21-13(25-15)11-4-6-12(18)7-5-11/h4-7H,2-3,8-10H2,1H3,(H,19,20,22,24). The normalized spacial score (nSPS) is 25.2. The van der Waals surface area contributed by atoms with E-state index in [9.17, 15) is 4.79 Å². The van der Waals surface area contributed by atoms with Crippen LogP contribution in [-0.4, -0.2) is 50.6 Å². The van der Waals surface area contributed by atoms with Crippen LogP contribution in [0.1, 0.15) is 19.8 Å². The number of halogens is 1. The van der Waals surface area contributed by atoms with Crippen LogP contribution in [0.25, 0.3) is 11.5 Å². The molecule has 0 spiro atoms. The van der Waals surface area contributed by atoms with Crippen LogP contribution in [0.4, 0.5) is 6.01 Å². The summed E-state index contributed by atoms with van der Waals surface area (Å²) in [6, 6.07) is 7.22. The second-order valence-electron chi connectivity index (χ2n) is 6.58. The Hall–Kier alpha value is -1.90. The van der Waals surface area contributed by atoms with Gasteiger partial charge in [0.2, 0.25) is 11.8 Å². The molecule has 0 radical (unpaired) electrons. The molecule has 0 saturated carbocycles. The Labute approximate surface area is 160 Å². The first kappa shape index (κ1) is 17.5. The monoisotopic (exact) mass is 391 g/mol. The molecule has 1 N–H and O–H groups in total. The van der Waals surface area contributed by atoms with Crippen LogP contribution in [-0.2, 0) is 4.79 Å². The molecule has 136 valence electrons. The summed E-state index contributed by atoms with van der Waals surface area (Å²) < 4.78 is 5.03. The second kappa shape index (κ2) is 7.02. The molecule has 7 nitrogen and oxygen atoms in total. The van der Waals surface area contributed by atoms with Crippen LogP contribution < -0.4 is 5.32 Å². The van der Waals surface area contributed by atoms with Gasteiger partial charge in [0.25, 0.3) is 0 Å². The molecule has 1 unspecified atom stereocenters. The molecule has 1 aromatic heterocycles. The number of amides is 1. The summed E-state index contributed by atoms with van der Waals surface area (Å²) in [6.07, 6.45) is 2.39. The van der Waals surface area contributed by atoms with E-state index in [0.717, 1.165) is 18.7 Å². The van der Waals surface area contributed by atoms with Gasteiger partial charge >= 0.3 is 6.01 Å². The highest BCUT2D eigenvalue weighted by atomic mass is 35.5.